The number of hydrogen-bond acceptors (Lipinski definition) is 2. The van der Waals surface area contributed by atoms with Gasteiger partial charge in [0.15, 0.2) is 0 Å². The molecule has 0 N–H and O–H groups in total. The van der Waals surface area contributed by atoms with Crippen LogP contribution in [0.3, 0.4) is 0 Å². The summed E-state index contributed by atoms with van der Waals surface area (Å²) in [4.78, 5) is 0. The molecular formula is C15H16O2. The molecule has 0 atom stereocenters. The first kappa shape index (κ1) is 11.5. The normalized spacial score (nSPS) is 10.2. The topological polar surface area (TPSA) is 18.5 Å². The molecule has 0 saturated heterocycles. The van der Waals surface area contributed by atoms with Gasteiger partial charge in [0.25, 0.3) is 0 Å². The average Bonchev–Trinajstić information content (AvgIpc) is 2.37. The summed E-state index contributed by atoms with van der Waals surface area (Å²) >= 11 is 0. The number of methoxy groups -OCH3 is 1. The molecule has 0 radical (unpaired) electrons. The highest BCUT2D eigenvalue weighted by molar-refractivity contribution is 5.93. The van der Waals surface area contributed by atoms with Crippen LogP contribution in [0.25, 0.3) is 16.5 Å². The predicted molar refractivity (Wildman–Crippen MR) is 71.2 cm³/mol. The van der Waals surface area contributed by atoms with Crippen molar-refractivity contribution in [3.8, 4) is 5.75 Å². The molecule has 2 aromatic rings. The van der Waals surface area contributed by atoms with Crippen LogP contribution in [0.15, 0.2) is 43.0 Å². The summed E-state index contributed by atoms with van der Waals surface area (Å²) in [5.41, 5.74) is 0.988. The molecular weight excluding hydrogens is 212 g/mol. The van der Waals surface area contributed by atoms with Gasteiger partial charge in [0.1, 0.15) is 11.5 Å². The fraction of sp³-hybridized carbons (Fsp3) is 0.200. The molecule has 0 heterocycles. The van der Waals surface area contributed by atoms with E-state index in [2.05, 4.69) is 18.7 Å². The predicted octanol–water partition coefficient (Wildman–Crippen LogP) is 3.86. The van der Waals surface area contributed by atoms with Crippen molar-refractivity contribution in [2.24, 2.45) is 0 Å². The van der Waals surface area contributed by atoms with E-state index in [9.17, 15) is 0 Å². The van der Waals surface area contributed by atoms with Crippen LogP contribution >= 0.6 is 0 Å². The Morgan fingerprint density at radius 2 is 2.00 bits per heavy atom. The Labute approximate surface area is 101 Å². The van der Waals surface area contributed by atoms with Crippen LogP contribution in [-0.2, 0) is 4.74 Å². The van der Waals surface area contributed by atoms with Crippen LogP contribution in [0.1, 0.15) is 12.5 Å². The number of rotatable bonds is 4. The van der Waals surface area contributed by atoms with E-state index in [1.807, 2.05) is 31.2 Å². The molecule has 0 bridgehead atoms. The summed E-state index contributed by atoms with van der Waals surface area (Å²) < 4.78 is 10.8. The van der Waals surface area contributed by atoms with E-state index in [0.717, 1.165) is 22.1 Å². The molecule has 0 aliphatic carbocycles. The summed E-state index contributed by atoms with van der Waals surface area (Å²) in [6, 6.07) is 12.1. The molecule has 0 spiro atoms. The maximum Gasteiger partial charge on any atom is 0.120 e. The van der Waals surface area contributed by atoms with E-state index in [-0.39, 0.29) is 0 Å². The fourth-order valence-corrected chi connectivity index (χ4v) is 1.88. The Kier molecular flexibility index (Phi) is 3.33. The maximum atomic E-state index is 5.49. The zero-order valence-corrected chi connectivity index (χ0v) is 10.2. The smallest absolute Gasteiger partial charge is 0.120 e. The molecule has 2 nitrogen and oxygen atoms in total. The summed E-state index contributed by atoms with van der Waals surface area (Å²) in [5.74, 6) is 1.50. The number of fused-ring (bicyclic) bond motifs is 1. The van der Waals surface area contributed by atoms with Crippen molar-refractivity contribution in [2.45, 2.75) is 6.92 Å². The SMILES string of the molecule is C=C(OCC)c1cc(OC)cc2ccccc12. The molecule has 88 valence electrons. The van der Waals surface area contributed by atoms with E-state index in [4.69, 9.17) is 9.47 Å². The minimum Gasteiger partial charge on any atom is -0.497 e. The van der Waals surface area contributed by atoms with E-state index >= 15 is 0 Å². The summed E-state index contributed by atoms with van der Waals surface area (Å²) in [6.45, 7) is 6.53. The third-order valence-corrected chi connectivity index (χ3v) is 2.69. The van der Waals surface area contributed by atoms with Gasteiger partial charge in [0, 0.05) is 5.56 Å². The maximum absolute atomic E-state index is 5.49. The van der Waals surface area contributed by atoms with Crippen LogP contribution in [-0.4, -0.2) is 13.7 Å². The van der Waals surface area contributed by atoms with E-state index < -0.39 is 0 Å². The molecule has 2 rings (SSSR count). The monoisotopic (exact) mass is 228 g/mol. The summed E-state index contributed by atoms with van der Waals surface area (Å²) in [5, 5.41) is 2.26. The van der Waals surface area contributed by atoms with Crippen molar-refractivity contribution in [2.75, 3.05) is 13.7 Å². The van der Waals surface area contributed by atoms with E-state index in [1.54, 1.807) is 7.11 Å². The lowest BCUT2D eigenvalue weighted by molar-refractivity contribution is 0.299. The van der Waals surface area contributed by atoms with Gasteiger partial charge >= 0.3 is 0 Å². The molecule has 0 aliphatic heterocycles. The van der Waals surface area contributed by atoms with Gasteiger partial charge in [-0.1, -0.05) is 30.8 Å². The van der Waals surface area contributed by atoms with Crippen molar-refractivity contribution in [3.05, 3.63) is 48.5 Å². The van der Waals surface area contributed by atoms with Crippen molar-refractivity contribution >= 4 is 16.5 Å². The Hall–Kier alpha value is -1.96. The number of hydrogen-bond donors (Lipinski definition) is 0. The Morgan fingerprint density at radius 1 is 1.24 bits per heavy atom. The van der Waals surface area contributed by atoms with Crippen LogP contribution in [0, 0.1) is 0 Å². The highest BCUT2D eigenvalue weighted by atomic mass is 16.5. The molecule has 0 saturated carbocycles. The first-order chi connectivity index (χ1) is 8.26. The van der Waals surface area contributed by atoms with Gasteiger partial charge in [-0.05, 0) is 29.8 Å². The van der Waals surface area contributed by atoms with Gasteiger partial charge in [-0.3, -0.25) is 0 Å². The van der Waals surface area contributed by atoms with Crippen molar-refractivity contribution in [3.63, 3.8) is 0 Å². The highest BCUT2D eigenvalue weighted by Gasteiger charge is 2.07. The van der Waals surface area contributed by atoms with Crippen LogP contribution in [0.2, 0.25) is 0 Å². The van der Waals surface area contributed by atoms with Crippen molar-refractivity contribution < 1.29 is 9.47 Å². The quantitative estimate of drug-likeness (QED) is 0.740. The lowest BCUT2D eigenvalue weighted by Gasteiger charge is -2.12. The molecule has 0 amide bonds. The van der Waals surface area contributed by atoms with Gasteiger partial charge in [0.2, 0.25) is 0 Å². The average molecular weight is 228 g/mol. The number of benzene rings is 2. The minimum absolute atomic E-state index is 0.615. The molecule has 0 aromatic heterocycles. The van der Waals surface area contributed by atoms with Gasteiger partial charge < -0.3 is 9.47 Å². The summed E-state index contributed by atoms with van der Waals surface area (Å²) in [6.07, 6.45) is 0. The third kappa shape index (κ3) is 2.26. The molecule has 2 heteroatoms. The molecule has 0 fully saturated rings. The highest BCUT2D eigenvalue weighted by Crippen LogP contribution is 2.29. The van der Waals surface area contributed by atoms with Crippen LogP contribution in [0.5, 0.6) is 5.75 Å². The van der Waals surface area contributed by atoms with Gasteiger partial charge in [-0.15, -0.1) is 0 Å². The fourth-order valence-electron chi connectivity index (χ4n) is 1.88. The second kappa shape index (κ2) is 4.91. The molecule has 2 aromatic carbocycles. The van der Waals surface area contributed by atoms with E-state index in [0.29, 0.717) is 12.4 Å². The standard InChI is InChI=1S/C15H16O2/c1-4-17-11(2)15-10-13(16-3)9-12-7-5-6-8-14(12)15/h5-10H,2,4H2,1,3H3. The Bertz CT molecular complexity index is 544. The number of ether oxygens (including phenoxy) is 2. The first-order valence-electron chi connectivity index (χ1n) is 5.65. The minimum atomic E-state index is 0.615. The Morgan fingerprint density at radius 3 is 2.71 bits per heavy atom. The molecule has 0 aliphatic rings. The van der Waals surface area contributed by atoms with Crippen molar-refractivity contribution in [1.29, 1.82) is 0 Å². The van der Waals surface area contributed by atoms with Crippen LogP contribution < -0.4 is 4.74 Å². The molecule has 0 unspecified atom stereocenters. The first-order valence-corrected chi connectivity index (χ1v) is 5.65. The van der Waals surface area contributed by atoms with Gasteiger partial charge in [0.05, 0.1) is 13.7 Å². The second-order valence-electron chi connectivity index (χ2n) is 3.75. The lowest BCUT2D eigenvalue weighted by Crippen LogP contribution is -1.93. The zero-order chi connectivity index (χ0) is 12.3. The van der Waals surface area contributed by atoms with Gasteiger partial charge in [-0.25, -0.2) is 0 Å². The second-order valence-corrected chi connectivity index (χ2v) is 3.75. The molecule has 17 heavy (non-hydrogen) atoms. The van der Waals surface area contributed by atoms with Crippen molar-refractivity contribution in [1.82, 2.24) is 0 Å². The van der Waals surface area contributed by atoms with Crippen LogP contribution in [0.4, 0.5) is 0 Å². The lowest BCUT2D eigenvalue weighted by atomic mass is 10.0. The largest absolute Gasteiger partial charge is 0.497 e. The van der Waals surface area contributed by atoms with E-state index in [1.165, 1.54) is 0 Å². The summed E-state index contributed by atoms with van der Waals surface area (Å²) in [7, 11) is 1.66. The zero-order valence-electron chi connectivity index (χ0n) is 10.2. The Balaban J connectivity index is 2.62. The van der Waals surface area contributed by atoms with Gasteiger partial charge in [-0.2, -0.15) is 0 Å². The third-order valence-electron chi connectivity index (χ3n) is 2.69.